The number of piperidine rings is 1. The van der Waals surface area contributed by atoms with E-state index in [1.807, 2.05) is 6.92 Å². The van der Waals surface area contributed by atoms with Crippen molar-refractivity contribution in [1.82, 2.24) is 9.88 Å². The monoisotopic (exact) mass is 248 g/mol. The van der Waals surface area contributed by atoms with Gasteiger partial charge in [0.25, 0.3) is 0 Å². The fourth-order valence-electron chi connectivity index (χ4n) is 2.66. The number of nitrogens with two attached hydrogens (primary N) is 1. The fraction of sp³-hybridized carbons (Fsp3) is 0.643. The SMILES string of the molecule is Cc1cc(CN)cc(N(C)C2CCCN(C)C2)n1. The lowest BCUT2D eigenvalue weighted by molar-refractivity contribution is 0.247. The Labute approximate surface area is 110 Å². The quantitative estimate of drug-likeness (QED) is 0.878. The maximum atomic E-state index is 5.73. The van der Waals surface area contributed by atoms with Crippen LogP contribution in [0, 0.1) is 6.92 Å². The molecular formula is C14H24N4. The number of hydrogen-bond acceptors (Lipinski definition) is 4. The second-order valence-electron chi connectivity index (χ2n) is 5.35. The number of aryl methyl sites for hydroxylation is 1. The van der Waals surface area contributed by atoms with Crippen molar-refractivity contribution < 1.29 is 0 Å². The lowest BCUT2D eigenvalue weighted by Gasteiger charge is -2.36. The molecule has 0 aromatic carbocycles. The zero-order valence-electron chi connectivity index (χ0n) is 11.7. The summed E-state index contributed by atoms with van der Waals surface area (Å²) < 4.78 is 0. The van der Waals surface area contributed by atoms with E-state index in [0.29, 0.717) is 12.6 Å². The fourth-order valence-corrected chi connectivity index (χ4v) is 2.66. The Morgan fingerprint density at radius 2 is 2.28 bits per heavy atom. The third-order valence-electron chi connectivity index (χ3n) is 3.74. The molecule has 1 fully saturated rings. The average molecular weight is 248 g/mol. The van der Waals surface area contributed by atoms with Crippen LogP contribution in [0.4, 0.5) is 5.82 Å². The molecule has 1 atom stereocenters. The highest BCUT2D eigenvalue weighted by atomic mass is 15.2. The number of rotatable bonds is 3. The van der Waals surface area contributed by atoms with Gasteiger partial charge in [-0.15, -0.1) is 0 Å². The Hall–Kier alpha value is -1.13. The van der Waals surface area contributed by atoms with E-state index in [-0.39, 0.29) is 0 Å². The van der Waals surface area contributed by atoms with Crippen molar-refractivity contribution in [2.24, 2.45) is 5.73 Å². The largest absolute Gasteiger partial charge is 0.355 e. The van der Waals surface area contributed by atoms with Gasteiger partial charge >= 0.3 is 0 Å². The zero-order chi connectivity index (χ0) is 13.1. The summed E-state index contributed by atoms with van der Waals surface area (Å²) in [6, 6.07) is 4.73. The minimum absolute atomic E-state index is 0.559. The predicted molar refractivity (Wildman–Crippen MR) is 75.8 cm³/mol. The van der Waals surface area contributed by atoms with Crippen molar-refractivity contribution in [3.63, 3.8) is 0 Å². The average Bonchev–Trinajstić information content (AvgIpc) is 2.37. The van der Waals surface area contributed by atoms with Crippen LogP contribution in [0.15, 0.2) is 12.1 Å². The highest BCUT2D eigenvalue weighted by Gasteiger charge is 2.22. The van der Waals surface area contributed by atoms with Crippen molar-refractivity contribution in [2.45, 2.75) is 32.4 Å². The number of nitrogens with zero attached hydrogens (tertiary/aromatic N) is 3. The van der Waals surface area contributed by atoms with E-state index >= 15 is 0 Å². The first-order chi connectivity index (χ1) is 8.60. The third-order valence-corrected chi connectivity index (χ3v) is 3.74. The Morgan fingerprint density at radius 3 is 2.94 bits per heavy atom. The minimum atomic E-state index is 0.559. The lowest BCUT2D eigenvalue weighted by atomic mass is 10.0. The van der Waals surface area contributed by atoms with E-state index in [1.54, 1.807) is 0 Å². The molecule has 100 valence electrons. The van der Waals surface area contributed by atoms with Gasteiger partial charge in [-0.25, -0.2) is 4.98 Å². The maximum Gasteiger partial charge on any atom is 0.129 e. The molecule has 1 aliphatic rings. The second-order valence-corrected chi connectivity index (χ2v) is 5.35. The van der Waals surface area contributed by atoms with Crippen LogP contribution >= 0.6 is 0 Å². The Kier molecular flexibility index (Phi) is 4.19. The van der Waals surface area contributed by atoms with Crippen molar-refractivity contribution in [3.8, 4) is 0 Å². The molecular weight excluding hydrogens is 224 g/mol. The number of aromatic nitrogens is 1. The van der Waals surface area contributed by atoms with Crippen molar-refractivity contribution >= 4 is 5.82 Å². The summed E-state index contributed by atoms with van der Waals surface area (Å²) in [6.45, 7) is 4.93. The van der Waals surface area contributed by atoms with Gasteiger partial charge in [0.05, 0.1) is 0 Å². The van der Waals surface area contributed by atoms with Crippen LogP contribution < -0.4 is 10.6 Å². The van der Waals surface area contributed by atoms with E-state index in [2.05, 4.69) is 41.0 Å². The molecule has 1 aromatic rings. The zero-order valence-corrected chi connectivity index (χ0v) is 11.7. The van der Waals surface area contributed by atoms with Crippen LogP contribution in [0.1, 0.15) is 24.1 Å². The second kappa shape index (κ2) is 5.67. The summed E-state index contributed by atoms with van der Waals surface area (Å²) in [6.07, 6.45) is 2.51. The van der Waals surface area contributed by atoms with Crippen LogP contribution in [0.25, 0.3) is 0 Å². The first kappa shape index (κ1) is 13.3. The standard InChI is InChI=1S/C14H24N4/c1-11-7-12(9-15)8-14(16-11)18(3)13-5-4-6-17(2)10-13/h7-8,13H,4-6,9-10,15H2,1-3H3. The van der Waals surface area contributed by atoms with Crippen molar-refractivity contribution in [3.05, 3.63) is 23.4 Å². The minimum Gasteiger partial charge on any atom is -0.355 e. The van der Waals surface area contributed by atoms with Crippen LogP contribution in [-0.2, 0) is 6.54 Å². The molecule has 0 spiro atoms. The summed E-state index contributed by atoms with van der Waals surface area (Å²) in [4.78, 5) is 9.33. The molecule has 0 amide bonds. The molecule has 4 heteroatoms. The van der Waals surface area contributed by atoms with Gasteiger partial charge in [-0.2, -0.15) is 0 Å². The number of hydrogen-bond donors (Lipinski definition) is 1. The Morgan fingerprint density at radius 1 is 1.50 bits per heavy atom. The van der Waals surface area contributed by atoms with Crippen LogP contribution in [0.5, 0.6) is 0 Å². The number of pyridine rings is 1. The smallest absolute Gasteiger partial charge is 0.129 e. The van der Waals surface area contributed by atoms with Crippen molar-refractivity contribution in [1.29, 1.82) is 0 Å². The molecule has 0 aliphatic carbocycles. The van der Waals surface area contributed by atoms with Crippen LogP contribution in [-0.4, -0.2) is 43.1 Å². The van der Waals surface area contributed by atoms with Gasteiger partial charge < -0.3 is 15.5 Å². The van der Waals surface area contributed by atoms with E-state index < -0.39 is 0 Å². The van der Waals surface area contributed by atoms with Crippen LogP contribution in [0.3, 0.4) is 0 Å². The number of likely N-dealkylation sites (N-methyl/N-ethyl adjacent to an activating group) is 2. The normalized spacial score (nSPS) is 21.0. The molecule has 2 rings (SSSR count). The van der Waals surface area contributed by atoms with E-state index in [4.69, 9.17) is 5.73 Å². The summed E-state index contributed by atoms with van der Waals surface area (Å²) in [7, 11) is 4.33. The first-order valence-corrected chi connectivity index (χ1v) is 6.69. The van der Waals surface area contributed by atoms with E-state index in [9.17, 15) is 0 Å². The topological polar surface area (TPSA) is 45.4 Å². The maximum absolute atomic E-state index is 5.73. The third kappa shape index (κ3) is 3.00. The van der Waals surface area contributed by atoms with Crippen molar-refractivity contribution in [2.75, 3.05) is 32.1 Å². The highest BCUT2D eigenvalue weighted by molar-refractivity contribution is 5.43. The molecule has 0 saturated carbocycles. The van der Waals surface area contributed by atoms with Crippen LogP contribution in [0.2, 0.25) is 0 Å². The van der Waals surface area contributed by atoms with E-state index in [0.717, 1.165) is 23.6 Å². The van der Waals surface area contributed by atoms with Gasteiger partial charge in [-0.05, 0) is 51.1 Å². The first-order valence-electron chi connectivity index (χ1n) is 6.69. The number of anilines is 1. The van der Waals surface area contributed by atoms with Gasteiger partial charge in [0.1, 0.15) is 5.82 Å². The van der Waals surface area contributed by atoms with Gasteiger partial charge in [-0.1, -0.05) is 0 Å². The van der Waals surface area contributed by atoms with Gasteiger partial charge in [-0.3, -0.25) is 0 Å². The van der Waals surface area contributed by atoms with E-state index in [1.165, 1.54) is 19.4 Å². The lowest BCUT2D eigenvalue weighted by Crippen LogP contribution is -2.45. The Balaban J connectivity index is 2.16. The molecule has 2 N–H and O–H groups in total. The molecule has 1 aliphatic heterocycles. The molecule has 18 heavy (non-hydrogen) atoms. The summed E-state index contributed by atoms with van der Waals surface area (Å²) >= 11 is 0. The molecule has 0 radical (unpaired) electrons. The molecule has 1 unspecified atom stereocenters. The predicted octanol–water partition coefficient (Wildman–Crippen LogP) is 1.38. The molecule has 0 bridgehead atoms. The highest BCUT2D eigenvalue weighted by Crippen LogP contribution is 2.20. The summed E-state index contributed by atoms with van der Waals surface area (Å²) in [5.41, 5.74) is 7.94. The van der Waals surface area contributed by atoms with Gasteiger partial charge in [0.2, 0.25) is 0 Å². The molecule has 1 saturated heterocycles. The molecule has 1 aromatic heterocycles. The summed E-state index contributed by atoms with van der Waals surface area (Å²) in [5.74, 6) is 1.05. The van der Waals surface area contributed by atoms with Gasteiger partial charge in [0, 0.05) is 31.9 Å². The Bertz CT molecular complexity index is 405. The van der Waals surface area contributed by atoms with Gasteiger partial charge in [0.15, 0.2) is 0 Å². The molecule has 2 heterocycles. The summed E-state index contributed by atoms with van der Waals surface area (Å²) in [5, 5.41) is 0. The molecule has 4 nitrogen and oxygen atoms in total. The number of likely N-dealkylation sites (tertiary alicyclic amines) is 1.